The van der Waals surface area contributed by atoms with E-state index in [-0.39, 0.29) is 18.1 Å². The summed E-state index contributed by atoms with van der Waals surface area (Å²) in [6.45, 7) is 7.41. The van der Waals surface area contributed by atoms with Crippen LogP contribution in [0.25, 0.3) is 10.4 Å². The summed E-state index contributed by atoms with van der Waals surface area (Å²) < 4.78 is 11.5. The summed E-state index contributed by atoms with van der Waals surface area (Å²) in [5, 5.41) is 3.41. The van der Waals surface area contributed by atoms with E-state index in [2.05, 4.69) is 15.3 Å². The van der Waals surface area contributed by atoms with Crippen molar-refractivity contribution in [2.75, 3.05) is 0 Å². The molecule has 0 aliphatic carbocycles. The van der Waals surface area contributed by atoms with Crippen LogP contribution in [0.2, 0.25) is 0 Å². The van der Waals surface area contributed by atoms with Crippen LogP contribution < -0.4 is 14.8 Å². The molecule has 0 radical (unpaired) electrons. The number of nitrogens with one attached hydrogen (secondary N) is 1. The van der Waals surface area contributed by atoms with Gasteiger partial charge in [0.2, 0.25) is 5.91 Å². The molecule has 3 rings (SSSR count). The lowest BCUT2D eigenvalue weighted by molar-refractivity contribution is -0.119. The number of rotatable bonds is 7. The Kier molecular flexibility index (Phi) is 6.26. The van der Waals surface area contributed by atoms with E-state index in [0.29, 0.717) is 10.9 Å². The summed E-state index contributed by atoms with van der Waals surface area (Å²) in [7, 11) is 0. The van der Waals surface area contributed by atoms with Gasteiger partial charge in [0.1, 0.15) is 11.5 Å². The highest BCUT2D eigenvalue weighted by atomic mass is 32.1. The number of ether oxygens (including phenoxy) is 2. The topological polar surface area (TPSA) is 73.3 Å². The van der Waals surface area contributed by atoms with E-state index in [1.54, 1.807) is 18.6 Å². The van der Waals surface area contributed by atoms with Gasteiger partial charge in [-0.25, -0.2) is 4.98 Å². The smallest absolute Gasteiger partial charge is 0.279 e. The predicted molar refractivity (Wildman–Crippen MR) is 110 cm³/mol. The number of carbonyl (C=O) groups excluding carboxylic acids is 1. The molecule has 1 N–H and O–H groups in total. The van der Waals surface area contributed by atoms with Crippen molar-refractivity contribution in [2.45, 2.75) is 39.8 Å². The Hall–Kier alpha value is -2.93. The molecule has 1 amide bonds. The van der Waals surface area contributed by atoms with Crippen molar-refractivity contribution in [3.05, 3.63) is 54.5 Å². The first-order chi connectivity index (χ1) is 13.4. The van der Waals surface area contributed by atoms with E-state index < -0.39 is 0 Å². The van der Waals surface area contributed by atoms with Crippen LogP contribution in [0.5, 0.6) is 16.7 Å². The molecule has 2 heterocycles. The van der Waals surface area contributed by atoms with Crippen LogP contribution in [0.3, 0.4) is 0 Å². The van der Waals surface area contributed by atoms with Crippen molar-refractivity contribution in [2.24, 2.45) is 0 Å². The fourth-order valence-corrected chi connectivity index (χ4v) is 3.38. The Balaban J connectivity index is 1.71. The molecule has 0 saturated heterocycles. The number of pyridine rings is 1. The normalized spacial score (nSPS) is 11.9. The monoisotopic (exact) mass is 397 g/mol. The molecule has 0 aliphatic rings. The lowest BCUT2D eigenvalue weighted by Gasteiger charge is -2.12. The fraction of sp³-hybridized carbons (Fsp3) is 0.286. The Morgan fingerprint density at radius 3 is 2.46 bits per heavy atom. The molecule has 0 bridgehead atoms. The van der Waals surface area contributed by atoms with Gasteiger partial charge in [0.15, 0.2) is 0 Å². The Bertz CT molecular complexity index is 938. The standard InChI is InChI=1S/C21H23N3O3S/c1-13(2)26-18-5-7-19(8-6-18)27-21-23-12-20(28-21)17-9-16(10-22-11-17)14(3)24-15(4)25/h5-14H,1-4H3,(H,24,25). The van der Waals surface area contributed by atoms with E-state index in [1.807, 2.05) is 51.1 Å². The van der Waals surface area contributed by atoms with Crippen LogP contribution in [0.1, 0.15) is 39.3 Å². The van der Waals surface area contributed by atoms with Gasteiger partial charge in [-0.15, -0.1) is 0 Å². The van der Waals surface area contributed by atoms with Gasteiger partial charge in [0, 0.05) is 31.1 Å². The SMILES string of the molecule is CC(=O)NC(C)c1cncc(-c2cnc(Oc3ccc(OC(C)C)cc3)s2)c1. The Labute approximate surface area is 168 Å². The zero-order valence-electron chi connectivity index (χ0n) is 16.3. The summed E-state index contributed by atoms with van der Waals surface area (Å²) in [6.07, 6.45) is 5.42. The van der Waals surface area contributed by atoms with Gasteiger partial charge in [-0.2, -0.15) is 0 Å². The van der Waals surface area contributed by atoms with Crippen LogP contribution in [0.4, 0.5) is 0 Å². The van der Waals surface area contributed by atoms with Crippen molar-refractivity contribution in [1.29, 1.82) is 0 Å². The quantitative estimate of drug-likeness (QED) is 0.608. The molecule has 0 saturated carbocycles. The van der Waals surface area contributed by atoms with Gasteiger partial charge >= 0.3 is 0 Å². The molecule has 0 fully saturated rings. The first kappa shape index (κ1) is 19.8. The first-order valence-electron chi connectivity index (χ1n) is 9.03. The number of hydrogen-bond acceptors (Lipinski definition) is 6. The second-order valence-corrected chi connectivity index (χ2v) is 7.65. The molecule has 0 aliphatic heterocycles. The summed E-state index contributed by atoms with van der Waals surface area (Å²) in [5.74, 6) is 1.43. The van der Waals surface area contributed by atoms with Gasteiger partial charge in [-0.3, -0.25) is 9.78 Å². The third-order valence-corrected chi connectivity index (χ3v) is 4.77. The van der Waals surface area contributed by atoms with E-state index in [4.69, 9.17) is 9.47 Å². The fourth-order valence-electron chi connectivity index (χ4n) is 2.62. The maximum absolute atomic E-state index is 11.3. The van der Waals surface area contributed by atoms with Crippen molar-refractivity contribution in [3.8, 4) is 27.1 Å². The average Bonchev–Trinajstić information content (AvgIpc) is 3.11. The van der Waals surface area contributed by atoms with Crippen LogP contribution >= 0.6 is 11.3 Å². The second-order valence-electron chi connectivity index (χ2n) is 6.66. The number of benzene rings is 1. The minimum Gasteiger partial charge on any atom is -0.491 e. The lowest BCUT2D eigenvalue weighted by Crippen LogP contribution is -2.23. The van der Waals surface area contributed by atoms with Crippen LogP contribution in [0, 0.1) is 0 Å². The van der Waals surface area contributed by atoms with Gasteiger partial charge in [0.25, 0.3) is 5.19 Å². The van der Waals surface area contributed by atoms with Gasteiger partial charge in [-0.1, -0.05) is 11.3 Å². The number of thiazole rings is 1. The maximum atomic E-state index is 11.3. The van der Waals surface area contributed by atoms with Crippen LogP contribution in [0.15, 0.2) is 48.9 Å². The molecular weight excluding hydrogens is 374 g/mol. The molecule has 1 aromatic carbocycles. The molecule has 6 nitrogen and oxygen atoms in total. The molecule has 1 atom stereocenters. The van der Waals surface area contributed by atoms with Crippen molar-refractivity contribution < 1.29 is 14.3 Å². The number of carbonyl (C=O) groups is 1. The summed E-state index contributed by atoms with van der Waals surface area (Å²) >= 11 is 1.44. The molecule has 3 aromatic rings. The maximum Gasteiger partial charge on any atom is 0.279 e. The van der Waals surface area contributed by atoms with Gasteiger partial charge in [-0.05, 0) is 56.7 Å². The van der Waals surface area contributed by atoms with Crippen molar-refractivity contribution in [1.82, 2.24) is 15.3 Å². The molecule has 2 aromatic heterocycles. The third kappa shape index (κ3) is 5.29. The molecule has 0 spiro atoms. The average molecular weight is 398 g/mol. The highest BCUT2D eigenvalue weighted by Crippen LogP contribution is 2.34. The van der Waals surface area contributed by atoms with E-state index in [0.717, 1.165) is 21.8 Å². The van der Waals surface area contributed by atoms with Gasteiger partial charge in [0.05, 0.1) is 17.0 Å². The van der Waals surface area contributed by atoms with E-state index >= 15 is 0 Å². The number of amides is 1. The summed E-state index contributed by atoms with van der Waals surface area (Å²) in [4.78, 5) is 20.9. The predicted octanol–water partition coefficient (Wildman–Crippen LogP) is 4.98. The largest absolute Gasteiger partial charge is 0.491 e. The Morgan fingerprint density at radius 2 is 1.79 bits per heavy atom. The van der Waals surface area contributed by atoms with Crippen LogP contribution in [-0.4, -0.2) is 22.0 Å². The second kappa shape index (κ2) is 8.84. The first-order valence-corrected chi connectivity index (χ1v) is 9.85. The minimum atomic E-state index is -0.111. The highest BCUT2D eigenvalue weighted by Gasteiger charge is 2.11. The summed E-state index contributed by atoms with van der Waals surface area (Å²) in [5.41, 5.74) is 1.87. The minimum absolute atomic E-state index is 0.0730. The summed E-state index contributed by atoms with van der Waals surface area (Å²) in [6, 6.07) is 9.36. The van der Waals surface area contributed by atoms with Gasteiger partial charge < -0.3 is 14.8 Å². The molecular formula is C21H23N3O3S. The molecule has 7 heteroatoms. The van der Waals surface area contributed by atoms with Crippen LogP contribution in [-0.2, 0) is 4.79 Å². The zero-order chi connectivity index (χ0) is 20.1. The van der Waals surface area contributed by atoms with E-state index in [1.165, 1.54) is 18.3 Å². The lowest BCUT2D eigenvalue weighted by atomic mass is 10.1. The highest BCUT2D eigenvalue weighted by molar-refractivity contribution is 7.16. The molecule has 28 heavy (non-hydrogen) atoms. The Morgan fingerprint density at radius 1 is 1.07 bits per heavy atom. The van der Waals surface area contributed by atoms with Crippen molar-refractivity contribution >= 4 is 17.2 Å². The number of hydrogen-bond donors (Lipinski definition) is 1. The van der Waals surface area contributed by atoms with Crippen molar-refractivity contribution in [3.63, 3.8) is 0 Å². The zero-order valence-corrected chi connectivity index (χ0v) is 17.1. The molecule has 1 unspecified atom stereocenters. The molecule has 146 valence electrons. The third-order valence-electron chi connectivity index (χ3n) is 3.85. The number of aromatic nitrogens is 2. The number of nitrogens with zero attached hydrogens (tertiary/aromatic N) is 2. The van der Waals surface area contributed by atoms with E-state index in [9.17, 15) is 4.79 Å².